The Hall–Kier alpha value is -0.870. The minimum Gasteiger partial charge on any atom is -0.304 e. The minimum absolute atomic E-state index is 0.526. The van der Waals surface area contributed by atoms with Gasteiger partial charge in [0, 0.05) is 19.2 Å². The average molecular weight is 183 g/mol. The number of aromatic nitrogens is 2. The predicted octanol–water partition coefficient (Wildman–Crippen LogP) is 0.972. The first-order chi connectivity index (χ1) is 6.22. The fourth-order valence-corrected chi connectivity index (χ4v) is 1.18. The van der Waals surface area contributed by atoms with Gasteiger partial charge >= 0.3 is 0 Å². The summed E-state index contributed by atoms with van der Waals surface area (Å²) in [6.07, 6.45) is 2.77. The zero-order valence-corrected chi connectivity index (χ0v) is 8.23. The summed E-state index contributed by atoms with van der Waals surface area (Å²) >= 11 is 0. The van der Waals surface area contributed by atoms with Crippen LogP contribution in [-0.2, 0) is 17.8 Å². The summed E-state index contributed by atoms with van der Waals surface area (Å²) < 4.78 is 1.95. The van der Waals surface area contributed by atoms with Crippen molar-refractivity contribution in [1.82, 2.24) is 9.78 Å². The minimum atomic E-state index is 0.526. The second-order valence-corrected chi connectivity index (χ2v) is 3.54. The number of hydrogen-bond donors (Lipinski definition) is 1. The molecule has 2 N–H and O–H groups in total. The predicted molar refractivity (Wildman–Crippen MR) is 50.9 cm³/mol. The smallest absolute Gasteiger partial charge is 0.0735 e. The van der Waals surface area contributed by atoms with E-state index in [-0.39, 0.29) is 0 Å². The van der Waals surface area contributed by atoms with Crippen LogP contribution in [0.3, 0.4) is 0 Å². The largest absolute Gasteiger partial charge is 0.304 e. The summed E-state index contributed by atoms with van der Waals surface area (Å²) in [6.45, 7) is 5.83. The van der Waals surface area contributed by atoms with Crippen molar-refractivity contribution in [3.05, 3.63) is 18.0 Å². The SMILES string of the molecule is CC(C)Cn1ccc(CCON)n1. The highest BCUT2D eigenvalue weighted by Crippen LogP contribution is 2.01. The van der Waals surface area contributed by atoms with Crippen molar-refractivity contribution in [1.29, 1.82) is 0 Å². The van der Waals surface area contributed by atoms with E-state index in [0.29, 0.717) is 12.5 Å². The fourth-order valence-electron chi connectivity index (χ4n) is 1.18. The maximum absolute atomic E-state index is 4.93. The molecule has 0 aliphatic carbocycles. The molecule has 0 saturated heterocycles. The van der Waals surface area contributed by atoms with Crippen LogP contribution in [0, 0.1) is 5.92 Å². The second kappa shape index (κ2) is 4.99. The fraction of sp³-hybridized carbons (Fsp3) is 0.667. The van der Waals surface area contributed by atoms with Crippen LogP contribution < -0.4 is 5.90 Å². The zero-order chi connectivity index (χ0) is 9.68. The summed E-state index contributed by atoms with van der Waals surface area (Å²) in [7, 11) is 0. The zero-order valence-electron chi connectivity index (χ0n) is 8.23. The van der Waals surface area contributed by atoms with Crippen LogP contribution in [0.1, 0.15) is 19.5 Å². The molecule has 1 aromatic heterocycles. The lowest BCUT2D eigenvalue weighted by molar-refractivity contribution is 0.140. The van der Waals surface area contributed by atoms with Crippen molar-refractivity contribution in [2.24, 2.45) is 11.8 Å². The lowest BCUT2D eigenvalue weighted by Gasteiger charge is -2.03. The Bertz CT molecular complexity index is 245. The molecule has 4 heteroatoms. The van der Waals surface area contributed by atoms with Crippen molar-refractivity contribution >= 4 is 0 Å². The first-order valence-corrected chi connectivity index (χ1v) is 4.56. The molecule has 0 aliphatic heterocycles. The third-order valence-corrected chi connectivity index (χ3v) is 1.72. The van der Waals surface area contributed by atoms with E-state index in [4.69, 9.17) is 5.90 Å². The van der Waals surface area contributed by atoms with E-state index in [1.54, 1.807) is 0 Å². The van der Waals surface area contributed by atoms with Crippen LogP contribution in [0.15, 0.2) is 12.3 Å². The quantitative estimate of drug-likeness (QED) is 0.692. The van der Waals surface area contributed by atoms with Gasteiger partial charge in [-0.2, -0.15) is 5.10 Å². The number of hydrogen-bond acceptors (Lipinski definition) is 3. The Kier molecular flexibility index (Phi) is 3.92. The van der Waals surface area contributed by atoms with Crippen molar-refractivity contribution < 1.29 is 4.84 Å². The van der Waals surface area contributed by atoms with Gasteiger partial charge in [-0.1, -0.05) is 13.8 Å². The summed E-state index contributed by atoms with van der Waals surface area (Å²) in [4.78, 5) is 4.49. The van der Waals surface area contributed by atoms with Gasteiger partial charge in [0.1, 0.15) is 0 Å². The molecule has 0 unspecified atom stereocenters. The number of nitrogens with zero attached hydrogens (tertiary/aromatic N) is 2. The molecule has 1 aromatic rings. The molecule has 1 rings (SSSR count). The van der Waals surface area contributed by atoms with E-state index in [0.717, 1.165) is 18.7 Å². The Balaban J connectivity index is 2.44. The molecule has 0 amide bonds. The first kappa shape index (κ1) is 10.2. The molecule has 1 heterocycles. The Morgan fingerprint density at radius 1 is 1.62 bits per heavy atom. The lowest BCUT2D eigenvalue weighted by Crippen LogP contribution is -2.07. The van der Waals surface area contributed by atoms with Gasteiger partial charge in [0.05, 0.1) is 12.3 Å². The summed E-state index contributed by atoms with van der Waals surface area (Å²) in [5, 5.41) is 4.37. The molecular formula is C9H17N3O. The summed E-state index contributed by atoms with van der Waals surface area (Å²) in [6, 6.07) is 2.00. The Labute approximate surface area is 78.6 Å². The van der Waals surface area contributed by atoms with Gasteiger partial charge in [0.15, 0.2) is 0 Å². The normalized spacial score (nSPS) is 11.1. The van der Waals surface area contributed by atoms with Gasteiger partial charge in [0.2, 0.25) is 0 Å². The molecule has 0 radical (unpaired) electrons. The molecular weight excluding hydrogens is 166 g/mol. The first-order valence-electron chi connectivity index (χ1n) is 4.56. The summed E-state index contributed by atoms with van der Waals surface area (Å²) in [5.74, 6) is 5.55. The van der Waals surface area contributed by atoms with E-state index >= 15 is 0 Å². The molecule has 0 aromatic carbocycles. The van der Waals surface area contributed by atoms with E-state index in [1.807, 2.05) is 16.9 Å². The Morgan fingerprint density at radius 3 is 3.00 bits per heavy atom. The molecule has 0 fully saturated rings. The summed E-state index contributed by atoms with van der Waals surface area (Å²) in [5.41, 5.74) is 1.03. The van der Waals surface area contributed by atoms with Gasteiger partial charge in [-0.25, -0.2) is 5.90 Å². The standard InChI is InChI=1S/C9H17N3O/c1-8(2)7-12-5-3-9(11-12)4-6-13-10/h3,5,8H,4,6-7,10H2,1-2H3. The third-order valence-electron chi connectivity index (χ3n) is 1.72. The monoisotopic (exact) mass is 183 g/mol. The maximum Gasteiger partial charge on any atom is 0.0735 e. The van der Waals surface area contributed by atoms with Gasteiger partial charge in [-0.3, -0.25) is 4.68 Å². The topological polar surface area (TPSA) is 53.1 Å². The average Bonchev–Trinajstić information content (AvgIpc) is 2.48. The molecule has 74 valence electrons. The van der Waals surface area contributed by atoms with Gasteiger partial charge in [0.25, 0.3) is 0 Å². The molecule has 0 spiro atoms. The molecule has 0 atom stereocenters. The number of rotatable bonds is 5. The van der Waals surface area contributed by atoms with E-state index in [9.17, 15) is 0 Å². The van der Waals surface area contributed by atoms with Crippen LogP contribution in [0.25, 0.3) is 0 Å². The van der Waals surface area contributed by atoms with Crippen molar-refractivity contribution in [3.8, 4) is 0 Å². The van der Waals surface area contributed by atoms with Crippen molar-refractivity contribution in [3.63, 3.8) is 0 Å². The van der Waals surface area contributed by atoms with Crippen LogP contribution in [0.2, 0.25) is 0 Å². The third kappa shape index (κ3) is 3.57. The van der Waals surface area contributed by atoms with Gasteiger partial charge in [-0.15, -0.1) is 0 Å². The maximum atomic E-state index is 4.93. The second-order valence-electron chi connectivity index (χ2n) is 3.54. The van der Waals surface area contributed by atoms with E-state index < -0.39 is 0 Å². The Morgan fingerprint density at radius 2 is 2.38 bits per heavy atom. The van der Waals surface area contributed by atoms with Crippen LogP contribution >= 0.6 is 0 Å². The van der Waals surface area contributed by atoms with Crippen molar-refractivity contribution in [2.75, 3.05) is 6.61 Å². The van der Waals surface area contributed by atoms with Crippen LogP contribution in [-0.4, -0.2) is 16.4 Å². The molecule has 0 saturated carbocycles. The lowest BCUT2D eigenvalue weighted by atomic mass is 10.2. The van der Waals surface area contributed by atoms with Crippen LogP contribution in [0.4, 0.5) is 0 Å². The van der Waals surface area contributed by atoms with E-state index in [2.05, 4.69) is 23.8 Å². The van der Waals surface area contributed by atoms with Gasteiger partial charge in [-0.05, 0) is 12.0 Å². The van der Waals surface area contributed by atoms with Gasteiger partial charge < -0.3 is 4.84 Å². The highest BCUT2D eigenvalue weighted by Gasteiger charge is 2.00. The van der Waals surface area contributed by atoms with Crippen LogP contribution in [0.5, 0.6) is 0 Å². The molecule has 0 bridgehead atoms. The highest BCUT2D eigenvalue weighted by atomic mass is 16.6. The van der Waals surface area contributed by atoms with E-state index in [1.165, 1.54) is 0 Å². The molecule has 13 heavy (non-hydrogen) atoms. The molecule has 0 aliphatic rings. The number of nitrogens with two attached hydrogens (primary N) is 1. The van der Waals surface area contributed by atoms with Crippen molar-refractivity contribution in [2.45, 2.75) is 26.8 Å². The molecule has 4 nitrogen and oxygen atoms in total. The highest BCUT2D eigenvalue weighted by molar-refractivity contribution is 4.98.